The van der Waals surface area contributed by atoms with E-state index in [9.17, 15) is 5.21 Å². The van der Waals surface area contributed by atoms with Crippen LogP contribution in [-0.2, 0) is 11.8 Å². The predicted molar refractivity (Wildman–Crippen MR) is 83.4 cm³/mol. The molecule has 1 fully saturated rings. The second-order valence-corrected chi connectivity index (χ2v) is 7.17. The molecular formula is C16H21NO2S. The standard InChI is InChI=1S/C16H21NO2S/c1-16-7-3-4-8-20-14(15(16)17-18)9-11-5-6-12(19-2)10-13(11)16/h5-6,10,14,18H,3-4,7-9H2,1-2H3/b17-15+. The zero-order valence-corrected chi connectivity index (χ0v) is 12.9. The third kappa shape index (κ3) is 2.10. The topological polar surface area (TPSA) is 41.8 Å². The summed E-state index contributed by atoms with van der Waals surface area (Å²) in [4.78, 5) is 0. The van der Waals surface area contributed by atoms with Crippen LogP contribution in [0.25, 0.3) is 0 Å². The summed E-state index contributed by atoms with van der Waals surface area (Å²) in [5.74, 6) is 2.04. The Balaban J connectivity index is 2.16. The van der Waals surface area contributed by atoms with Crippen LogP contribution < -0.4 is 4.74 Å². The Morgan fingerprint density at radius 1 is 1.40 bits per heavy atom. The second kappa shape index (κ2) is 5.32. The van der Waals surface area contributed by atoms with E-state index in [0.29, 0.717) is 5.25 Å². The molecule has 0 radical (unpaired) electrons. The fourth-order valence-corrected chi connectivity index (χ4v) is 4.96. The molecule has 2 unspecified atom stereocenters. The zero-order valence-electron chi connectivity index (χ0n) is 12.1. The molecule has 1 N–H and O–H groups in total. The number of nitrogens with zero attached hydrogens (tertiary/aromatic N) is 1. The van der Waals surface area contributed by atoms with Crippen molar-refractivity contribution in [2.45, 2.75) is 43.3 Å². The largest absolute Gasteiger partial charge is 0.497 e. The number of hydrogen-bond acceptors (Lipinski definition) is 4. The number of hydrogen-bond donors (Lipinski definition) is 1. The molecule has 0 saturated carbocycles. The Labute approximate surface area is 124 Å². The lowest BCUT2D eigenvalue weighted by molar-refractivity contribution is 0.308. The lowest BCUT2D eigenvalue weighted by atomic mass is 9.67. The van der Waals surface area contributed by atoms with E-state index in [1.54, 1.807) is 7.11 Å². The molecule has 1 aromatic rings. The molecule has 1 aromatic carbocycles. The van der Waals surface area contributed by atoms with Crippen molar-refractivity contribution in [1.29, 1.82) is 0 Å². The third-order valence-corrected chi connectivity index (χ3v) is 6.00. The number of benzene rings is 1. The number of oxime groups is 1. The van der Waals surface area contributed by atoms with Crippen LogP contribution >= 0.6 is 11.8 Å². The van der Waals surface area contributed by atoms with Gasteiger partial charge in [0.25, 0.3) is 0 Å². The number of fused-ring (bicyclic) bond motifs is 4. The molecule has 4 heteroatoms. The first-order valence-corrected chi connectivity index (χ1v) is 8.25. The maximum absolute atomic E-state index is 9.57. The van der Waals surface area contributed by atoms with E-state index in [1.165, 1.54) is 24.0 Å². The summed E-state index contributed by atoms with van der Waals surface area (Å²) in [5.41, 5.74) is 3.45. The molecule has 0 amide bonds. The molecule has 1 aliphatic carbocycles. The maximum Gasteiger partial charge on any atom is 0.119 e. The Hall–Kier alpha value is -1.16. The van der Waals surface area contributed by atoms with E-state index in [-0.39, 0.29) is 5.41 Å². The molecule has 108 valence electrons. The summed E-state index contributed by atoms with van der Waals surface area (Å²) in [7, 11) is 1.70. The number of methoxy groups -OCH3 is 1. The van der Waals surface area contributed by atoms with Crippen LogP contribution in [0.3, 0.4) is 0 Å². The molecule has 20 heavy (non-hydrogen) atoms. The van der Waals surface area contributed by atoms with E-state index in [0.717, 1.165) is 30.1 Å². The van der Waals surface area contributed by atoms with Crippen molar-refractivity contribution in [3.05, 3.63) is 29.3 Å². The summed E-state index contributed by atoms with van der Waals surface area (Å²) in [5, 5.41) is 13.6. The number of thioether (sulfide) groups is 1. The van der Waals surface area contributed by atoms with Crippen LogP contribution in [-0.4, -0.2) is 29.0 Å². The van der Waals surface area contributed by atoms with Crippen LogP contribution in [0.1, 0.15) is 37.3 Å². The van der Waals surface area contributed by atoms with E-state index < -0.39 is 0 Å². The molecular weight excluding hydrogens is 270 g/mol. The van der Waals surface area contributed by atoms with Crippen LogP contribution in [0.5, 0.6) is 5.75 Å². The monoisotopic (exact) mass is 291 g/mol. The Kier molecular flexibility index (Phi) is 3.67. The van der Waals surface area contributed by atoms with Crippen LogP contribution in [0, 0.1) is 0 Å². The summed E-state index contributed by atoms with van der Waals surface area (Å²) < 4.78 is 5.38. The fourth-order valence-electron chi connectivity index (χ4n) is 3.55. The van der Waals surface area contributed by atoms with Gasteiger partial charge in [-0.1, -0.05) is 24.6 Å². The van der Waals surface area contributed by atoms with Crippen molar-refractivity contribution in [2.24, 2.45) is 5.16 Å². The Bertz CT molecular complexity index is 543. The van der Waals surface area contributed by atoms with Gasteiger partial charge in [0, 0.05) is 5.41 Å². The molecule has 1 aliphatic heterocycles. The van der Waals surface area contributed by atoms with E-state index in [2.05, 4.69) is 24.2 Å². The van der Waals surface area contributed by atoms with Crippen molar-refractivity contribution in [3.63, 3.8) is 0 Å². The first-order valence-electron chi connectivity index (χ1n) is 7.20. The van der Waals surface area contributed by atoms with Gasteiger partial charge in [0.2, 0.25) is 0 Å². The van der Waals surface area contributed by atoms with Gasteiger partial charge < -0.3 is 9.94 Å². The minimum Gasteiger partial charge on any atom is -0.497 e. The Morgan fingerprint density at radius 3 is 3.00 bits per heavy atom. The zero-order chi connectivity index (χ0) is 14.2. The average Bonchev–Trinajstić information content (AvgIpc) is 2.45. The smallest absolute Gasteiger partial charge is 0.119 e. The fraction of sp³-hybridized carbons (Fsp3) is 0.562. The molecule has 3 nitrogen and oxygen atoms in total. The van der Waals surface area contributed by atoms with Gasteiger partial charge >= 0.3 is 0 Å². The molecule has 3 rings (SSSR count). The minimum atomic E-state index is -0.158. The van der Waals surface area contributed by atoms with Gasteiger partial charge in [-0.3, -0.25) is 0 Å². The molecule has 2 atom stereocenters. The van der Waals surface area contributed by atoms with Crippen LogP contribution in [0.2, 0.25) is 0 Å². The first-order chi connectivity index (χ1) is 9.69. The molecule has 2 bridgehead atoms. The van der Waals surface area contributed by atoms with E-state index >= 15 is 0 Å². The van der Waals surface area contributed by atoms with Crippen LogP contribution in [0.15, 0.2) is 23.4 Å². The SMILES string of the molecule is COc1ccc2c(c1)C1(C)CCCCSC(C2)/C1=N\O. The lowest BCUT2D eigenvalue weighted by Crippen LogP contribution is -2.45. The highest BCUT2D eigenvalue weighted by Crippen LogP contribution is 2.45. The minimum absolute atomic E-state index is 0.158. The highest BCUT2D eigenvalue weighted by molar-refractivity contribution is 8.00. The van der Waals surface area contributed by atoms with Gasteiger partial charge in [0.1, 0.15) is 5.75 Å². The van der Waals surface area contributed by atoms with Crippen molar-refractivity contribution in [3.8, 4) is 5.75 Å². The highest BCUT2D eigenvalue weighted by atomic mass is 32.2. The summed E-state index contributed by atoms with van der Waals surface area (Å²) in [6.07, 6.45) is 4.42. The highest BCUT2D eigenvalue weighted by Gasteiger charge is 2.44. The van der Waals surface area contributed by atoms with Crippen molar-refractivity contribution >= 4 is 17.5 Å². The quantitative estimate of drug-likeness (QED) is 0.634. The lowest BCUT2D eigenvalue weighted by Gasteiger charge is -2.42. The van der Waals surface area contributed by atoms with Gasteiger partial charge in [0.15, 0.2) is 0 Å². The van der Waals surface area contributed by atoms with Gasteiger partial charge in [-0.25, -0.2) is 0 Å². The molecule has 0 spiro atoms. The molecule has 0 aromatic heterocycles. The van der Waals surface area contributed by atoms with E-state index in [4.69, 9.17) is 4.74 Å². The number of ether oxygens (including phenoxy) is 1. The van der Waals surface area contributed by atoms with Gasteiger partial charge in [-0.15, -0.1) is 0 Å². The van der Waals surface area contributed by atoms with Crippen molar-refractivity contribution in [1.82, 2.24) is 0 Å². The third-order valence-electron chi connectivity index (χ3n) is 4.68. The first kappa shape index (κ1) is 13.8. The van der Waals surface area contributed by atoms with Gasteiger partial charge in [0.05, 0.1) is 18.1 Å². The predicted octanol–water partition coefficient (Wildman–Crippen LogP) is 3.62. The summed E-state index contributed by atoms with van der Waals surface area (Å²) >= 11 is 1.94. The maximum atomic E-state index is 9.57. The average molecular weight is 291 g/mol. The summed E-state index contributed by atoms with van der Waals surface area (Å²) in [6.45, 7) is 2.22. The van der Waals surface area contributed by atoms with Crippen molar-refractivity contribution < 1.29 is 9.94 Å². The molecule has 1 heterocycles. The molecule has 1 saturated heterocycles. The van der Waals surface area contributed by atoms with Gasteiger partial charge in [-0.2, -0.15) is 11.8 Å². The van der Waals surface area contributed by atoms with Crippen molar-refractivity contribution in [2.75, 3.05) is 12.9 Å². The Morgan fingerprint density at radius 2 is 2.25 bits per heavy atom. The molecule has 2 aliphatic rings. The second-order valence-electron chi connectivity index (χ2n) is 5.86. The van der Waals surface area contributed by atoms with Crippen LogP contribution in [0.4, 0.5) is 0 Å². The number of rotatable bonds is 1. The van der Waals surface area contributed by atoms with Gasteiger partial charge in [-0.05, 0) is 48.3 Å². The normalized spacial score (nSPS) is 31.3. The summed E-state index contributed by atoms with van der Waals surface area (Å²) in [6, 6.07) is 6.34. The van der Waals surface area contributed by atoms with E-state index in [1.807, 2.05) is 17.8 Å².